The van der Waals surface area contributed by atoms with E-state index in [1.165, 1.54) is 0 Å². The quantitative estimate of drug-likeness (QED) is 0.783. The van der Waals surface area contributed by atoms with Gasteiger partial charge in [0.15, 0.2) is 0 Å². The van der Waals surface area contributed by atoms with Gasteiger partial charge in [-0.15, -0.1) is 0 Å². The van der Waals surface area contributed by atoms with Crippen LogP contribution in [0.5, 0.6) is 0 Å². The maximum atomic E-state index is 13.6. The summed E-state index contributed by atoms with van der Waals surface area (Å²) in [7, 11) is 0. The van der Waals surface area contributed by atoms with Crippen LogP contribution in [-0.4, -0.2) is 9.55 Å². The largest absolute Gasteiger partial charge is 0.321 e. The molecule has 1 atom stereocenters. The Morgan fingerprint density at radius 1 is 1.25 bits per heavy atom. The number of halogens is 3. The van der Waals surface area contributed by atoms with Gasteiger partial charge in [-0.25, -0.2) is 13.8 Å². The monoisotopic (exact) mass is 349 g/mol. The van der Waals surface area contributed by atoms with Gasteiger partial charge in [0, 0.05) is 6.07 Å². The molecule has 7 heteroatoms. The maximum absolute atomic E-state index is 13.6. The van der Waals surface area contributed by atoms with Crippen LogP contribution < -0.4 is 11.3 Å². The minimum atomic E-state index is -0.792. The first-order chi connectivity index (χ1) is 11.4. The molecule has 3 rings (SSSR count). The molecule has 1 aromatic heterocycles. The third-order valence-corrected chi connectivity index (χ3v) is 4.06. The lowest BCUT2D eigenvalue weighted by Gasteiger charge is -2.18. The van der Waals surface area contributed by atoms with E-state index in [4.69, 9.17) is 17.3 Å². The Morgan fingerprint density at radius 2 is 1.92 bits per heavy atom. The van der Waals surface area contributed by atoms with Gasteiger partial charge in [-0.2, -0.15) is 0 Å². The van der Waals surface area contributed by atoms with Gasteiger partial charge < -0.3 is 5.73 Å². The molecule has 1 heterocycles. The van der Waals surface area contributed by atoms with Crippen molar-refractivity contribution in [2.75, 3.05) is 0 Å². The van der Waals surface area contributed by atoms with Crippen molar-refractivity contribution >= 4 is 22.5 Å². The van der Waals surface area contributed by atoms with Crippen molar-refractivity contribution in [3.63, 3.8) is 0 Å². The number of hydrogen-bond donors (Lipinski definition) is 1. The standard InChI is InChI=1S/C17H14ClF2N3O/c1-2-14(21)16-22-15-12(4-3-5-13(15)18)17(24)23(16)11-7-9(19)6-10(20)8-11/h3-8,14H,2,21H2,1H3/t14-/m0/s1. The summed E-state index contributed by atoms with van der Waals surface area (Å²) in [5.41, 5.74) is 5.93. The first kappa shape index (κ1) is 16.5. The molecule has 0 amide bonds. The fourth-order valence-corrected chi connectivity index (χ4v) is 2.76. The fraction of sp³-hybridized carbons (Fsp3) is 0.176. The van der Waals surface area contributed by atoms with Gasteiger partial charge in [-0.3, -0.25) is 9.36 Å². The highest BCUT2D eigenvalue weighted by atomic mass is 35.5. The van der Waals surface area contributed by atoms with Crippen LogP contribution in [0.3, 0.4) is 0 Å². The van der Waals surface area contributed by atoms with E-state index in [1.807, 2.05) is 6.92 Å². The molecular formula is C17H14ClF2N3O. The zero-order chi connectivity index (χ0) is 17.4. The van der Waals surface area contributed by atoms with E-state index in [1.54, 1.807) is 18.2 Å². The normalized spacial score (nSPS) is 12.5. The highest BCUT2D eigenvalue weighted by Gasteiger charge is 2.19. The lowest BCUT2D eigenvalue weighted by molar-refractivity contribution is 0.576. The number of rotatable bonds is 3. The molecule has 0 spiro atoms. The minimum absolute atomic E-state index is 0.0331. The van der Waals surface area contributed by atoms with Crippen molar-refractivity contribution in [2.45, 2.75) is 19.4 Å². The molecule has 2 aromatic carbocycles. The van der Waals surface area contributed by atoms with E-state index >= 15 is 0 Å². The molecule has 3 aromatic rings. The van der Waals surface area contributed by atoms with Gasteiger partial charge in [0.25, 0.3) is 5.56 Å². The van der Waals surface area contributed by atoms with Crippen molar-refractivity contribution in [3.8, 4) is 5.69 Å². The number of nitrogens with zero attached hydrogens (tertiary/aromatic N) is 2. The van der Waals surface area contributed by atoms with E-state index < -0.39 is 23.2 Å². The second-order valence-electron chi connectivity index (χ2n) is 5.39. The molecule has 0 saturated carbocycles. The number of benzene rings is 2. The van der Waals surface area contributed by atoms with Gasteiger partial charge in [0.1, 0.15) is 17.5 Å². The Hall–Kier alpha value is -2.31. The van der Waals surface area contributed by atoms with Crippen LogP contribution in [0.2, 0.25) is 5.02 Å². The summed E-state index contributed by atoms with van der Waals surface area (Å²) in [5, 5.41) is 0.561. The zero-order valence-electron chi connectivity index (χ0n) is 12.8. The van der Waals surface area contributed by atoms with E-state index in [0.29, 0.717) is 17.0 Å². The lowest BCUT2D eigenvalue weighted by Crippen LogP contribution is -2.28. The van der Waals surface area contributed by atoms with Crippen LogP contribution in [0.4, 0.5) is 8.78 Å². The minimum Gasteiger partial charge on any atom is -0.321 e. The Labute approximate surface area is 141 Å². The molecule has 0 aliphatic rings. The van der Waals surface area contributed by atoms with Crippen LogP contribution in [-0.2, 0) is 0 Å². The molecule has 124 valence electrons. The molecule has 4 nitrogen and oxygen atoms in total. The summed E-state index contributed by atoms with van der Waals surface area (Å²) in [5.74, 6) is -1.38. The SMILES string of the molecule is CC[C@H](N)c1nc2c(Cl)cccc2c(=O)n1-c1cc(F)cc(F)c1. The smallest absolute Gasteiger partial charge is 0.266 e. The molecule has 0 saturated heterocycles. The number of nitrogens with two attached hydrogens (primary N) is 1. The fourth-order valence-electron chi connectivity index (χ4n) is 2.54. The second-order valence-corrected chi connectivity index (χ2v) is 5.80. The second kappa shape index (κ2) is 6.30. The molecule has 0 fully saturated rings. The van der Waals surface area contributed by atoms with Crippen LogP contribution >= 0.6 is 11.6 Å². The summed E-state index contributed by atoms with van der Waals surface area (Å²) in [4.78, 5) is 17.3. The third-order valence-electron chi connectivity index (χ3n) is 3.75. The summed E-state index contributed by atoms with van der Waals surface area (Å²) >= 11 is 6.13. The number of hydrogen-bond acceptors (Lipinski definition) is 3. The van der Waals surface area contributed by atoms with Crippen LogP contribution in [0, 0.1) is 11.6 Å². The lowest BCUT2D eigenvalue weighted by atomic mass is 10.1. The van der Waals surface area contributed by atoms with Gasteiger partial charge in [0.05, 0.1) is 27.7 Å². The van der Waals surface area contributed by atoms with Crippen LogP contribution in [0.15, 0.2) is 41.2 Å². The van der Waals surface area contributed by atoms with Crippen molar-refractivity contribution < 1.29 is 8.78 Å². The molecule has 0 radical (unpaired) electrons. The Balaban J connectivity index is 2.45. The predicted molar refractivity (Wildman–Crippen MR) is 89.5 cm³/mol. The summed E-state index contributed by atoms with van der Waals surface area (Å²) in [6.45, 7) is 1.82. The Kier molecular flexibility index (Phi) is 4.34. The molecule has 0 unspecified atom stereocenters. The van der Waals surface area contributed by atoms with Crippen molar-refractivity contribution in [2.24, 2.45) is 5.73 Å². The van der Waals surface area contributed by atoms with Gasteiger partial charge in [-0.1, -0.05) is 24.6 Å². The van der Waals surface area contributed by atoms with Gasteiger partial charge in [-0.05, 0) is 30.7 Å². The van der Waals surface area contributed by atoms with E-state index in [0.717, 1.165) is 22.8 Å². The summed E-state index contributed by atoms with van der Waals surface area (Å²) < 4.78 is 28.4. The molecule has 2 N–H and O–H groups in total. The van der Waals surface area contributed by atoms with Crippen molar-refractivity contribution in [3.05, 3.63) is 69.2 Å². The molecular weight excluding hydrogens is 336 g/mol. The number of para-hydroxylation sites is 1. The average molecular weight is 350 g/mol. The zero-order valence-corrected chi connectivity index (χ0v) is 13.5. The average Bonchev–Trinajstić information content (AvgIpc) is 2.53. The molecule has 24 heavy (non-hydrogen) atoms. The van der Waals surface area contributed by atoms with Crippen LogP contribution in [0.25, 0.3) is 16.6 Å². The van der Waals surface area contributed by atoms with Gasteiger partial charge in [0.2, 0.25) is 0 Å². The predicted octanol–water partition coefficient (Wildman–Crippen LogP) is 3.73. The van der Waals surface area contributed by atoms with Crippen LogP contribution in [0.1, 0.15) is 25.2 Å². The number of fused-ring (bicyclic) bond motifs is 1. The molecule has 0 aliphatic carbocycles. The summed E-state index contributed by atoms with van der Waals surface area (Å²) in [6, 6.07) is 7.06. The Morgan fingerprint density at radius 3 is 2.54 bits per heavy atom. The van der Waals surface area contributed by atoms with E-state index in [9.17, 15) is 13.6 Å². The van der Waals surface area contributed by atoms with Crippen molar-refractivity contribution in [1.29, 1.82) is 0 Å². The topological polar surface area (TPSA) is 60.9 Å². The van der Waals surface area contributed by atoms with Gasteiger partial charge >= 0.3 is 0 Å². The van der Waals surface area contributed by atoms with Crippen molar-refractivity contribution in [1.82, 2.24) is 9.55 Å². The first-order valence-corrected chi connectivity index (χ1v) is 7.73. The number of aromatic nitrogens is 2. The highest BCUT2D eigenvalue weighted by Crippen LogP contribution is 2.24. The summed E-state index contributed by atoms with van der Waals surface area (Å²) in [6.07, 6.45) is 0.486. The first-order valence-electron chi connectivity index (χ1n) is 7.35. The maximum Gasteiger partial charge on any atom is 0.266 e. The highest BCUT2D eigenvalue weighted by molar-refractivity contribution is 6.34. The molecule has 0 bridgehead atoms. The molecule has 0 aliphatic heterocycles. The Bertz CT molecular complexity index is 967. The third kappa shape index (κ3) is 2.79. The van der Waals surface area contributed by atoms with E-state index in [-0.39, 0.29) is 16.9 Å². The van der Waals surface area contributed by atoms with E-state index in [2.05, 4.69) is 4.98 Å².